The average Bonchev–Trinajstić information content (AvgIpc) is 3.45. The van der Waals surface area contributed by atoms with Gasteiger partial charge in [-0.1, -0.05) is 47.5 Å². The van der Waals surface area contributed by atoms with Crippen LogP contribution in [0.5, 0.6) is 0 Å². The van der Waals surface area contributed by atoms with E-state index >= 15 is 0 Å². The van der Waals surface area contributed by atoms with Crippen molar-refractivity contribution in [2.45, 2.75) is 37.3 Å². The number of halogens is 2. The molecule has 30 heavy (non-hydrogen) atoms. The first-order chi connectivity index (χ1) is 14.6. The van der Waals surface area contributed by atoms with Crippen LogP contribution in [-0.2, 0) is 4.74 Å². The second kappa shape index (κ2) is 8.26. The number of anilines is 1. The van der Waals surface area contributed by atoms with Gasteiger partial charge in [-0.2, -0.15) is 0 Å². The number of rotatable bonds is 4. The van der Waals surface area contributed by atoms with E-state index in [4.69, 9.17) is 27.9 Å². The van der Waals surface area contributed by atoms with E-state index in [0.717, 1.165) is 42.7 Å². The van der Waals surface area contributed by atoms with E-state index in [2.05, 4.69) is 22.8 Å². The van der Waals surface area contributed by atoms with Crippen molar-refractivity contribution in [2.75, 3.05) is 18.5 Å². The number of amides is 1. The topological polar surface area (TPSA) is 50.4 Å². The Labute approximate surface area is 186 Å². The van der Waals surface area contributed by atoms with Gasteiger partial charge in [0, 0.05) is 30.3 Å². The summed E-state index contributed by atoms with van der Waals surface area (Å²) < 4.78 is 5.60. The van der Waals surface area contributed by atoms with Crippen molar-refractivity contribution in [1.82, 2.24) is 5.32 Å². The molecule has 4 unspecified atom stereocenters. The highest BCUT2D eigenvalue weighted by atomic mass is 35.5. The lowest BCUT2D eigenvalue weighted by Crippen LogP contribution is -2.32. The smallest absolute Gasteiger partial charge is 0.251 e. The van der Waals surface area contributed by atoms with E-state index in [9.17, 15) is 4.79 Å². The van der Waals surface area contributed by atoms with Crippen molar-refractivity contribution in [1.29, 1.82) is 0 Å². The summed E-state index contributed by atoms with van der Waals surface area (Å²) in [7, 11) is 0. The van der Waals surface area contributed by atoms with E-state index in [1.54, 1.807) is 0 Å². The van der Waals surface area contributed by atoms with Crippen LogP contribution in [0.1, 0.15) is 52.7 Å². The van der Waals surface area contributed by atoms with Gasteiger partial charge >= 0.3 is 0 Å². The molecule has 6 heteroatoms. The third-order valence-electron chi connectivity index (χ3n) is 6.46. The van der Waals surface area contributed by atoms with E-state index < -0.39 is 0 Å². The Morgan fingerprint density at radius 2 is 2.10 bits per heavy atom. The summed E-state index contributed by atoms with van der Waals surface area (Å²) in [5, 5.41) is 7.86. The minimum atomic E-state index is -0.0492. The highest BCUT2D eigenvalue weighted by molar-refractivity contribution is 6.42. The number of carbonyl (C=O) groups is 1. The van der Waals surface area contributed by atoms with E-state index in [1.807, 2.05) is 36.4 Å². The van der Waals surface area contributed by atoms with Crippen LogP contribution in [0.25, 0.3) is 0 Å². The van der Waals surface area contributed by atoms with Crippen molar-refractivity contribution in [3.05, 3.63) is 75.3 Å². The molecule has 3 aliphatic rings. The molecule has 2 N–H and O–H groups in total. The third-order valence-corrected chi connectivity index (χ3v) is 7.29. The Hall–Kier alpha value is -2.01. The van der Waals surface area contributed by atoms with Crippen LogP contribution in [0.15, 0.2) is 48.6 Å². The minimum Gasteiger partial charge on any atom is -0.378 e. The first-order valence-electron chi connectivity index (χ1n) is 10.5. The summed E-state index contributed by atoms with van der Waals surface area (Å²) >= 11 is 12.8. The van der Waals surface area contributed by atoms with Gasteiger partial charge in [-0.3, -0.25) is 4.79 Å². The molecule has 5 rings (SSSR count). The molecule has 2 heterocycles. The van der Waals surface area contributed by atoms with Gasteiger partial charge in [0.15, 0.2) is 0 Å². The minimum absolute atomic E-state index is 0.0492. The zero-order valence-corrected chi connectivity index (χ0v) is 18.0. The molecule has 1 amide bonds. The lowest BCUT2D eigenvalue weighted by atomic mass is 9.76. The lowest BCUT2D eigenvalue weighted by Gasteiger charge is -2.38. The number of allylic oxidation sites excluding steroid dienone is 2. The van der Waals surface area contributed by atoms with Gasteiger partial charge < -0.3 is 15.4 Å². The number of fused-ring (bicyclic) bond motifs is 3. The van der Waals surface area contributed by atoms with Crippen LogP contribution < -0.4 is 10.6 Å². The molecule has 2 aliphatic heterocycles. The van der Waals surface area contributed by atoms with Crippen molar-refractivity contribution in [2.24, 2.45) is 5.92 Å². The van der Waals surface area contributed by atoms with Crippen molar-refractivity contribution in [3.8, 4) is 0 Å². The highest BCUT2D eigenvalue weighted by Crippen LogP contribution is 2.51. The summed E-state index contributed by atoms with van der Waals surface area (Å²) in [6, 6.07) is 11.8. The molecular formula is C24H24Cl2N2O2. The van der Waals surface area contributed by atoms with Gasteiger partial charge in [-0.25, -0.2) is 0 Å². The molecule has 0 radical (unpaired) electrons. The highest BCUT2D eigenvalue weighted by Gasteiger charge is 2.39. The first-order valence-corrected chi connectivity index (χ1v) is 11.3. The molecule has 4 atom stereocenters. The molecule has 1 fully saturated rings. The summed E-state index contributed by atoms with van der Waals surface area (Å²) in [5.41, 5.74) is 3.91. The first kappa shape index (κ1) is 19.9. The van der Waals surface area contributed by atoms with Crippen LogP contribution in [0, 0.1) is 5.92 Å². The summed E-state index contributed by atoms with van der Waals surface area (Å²) in [6.45, 7) is 1.35. The average molecular weight is 443 g/mol. The Bertz CT molecular complexity index is 1000. The van der Waals surface area contributed by atoms with Crippen LogP contribution in [0.3, 0.4) is 0 Å². The molecule has 4 nitrogen and oxygen atoms in total. The maximum absolute atomic E-state index is 12.7. The SMILES string of the molecule is O=C(NCC1CCCO1)c1ccc2c(c1)C1C=CCC1C(c1cccc(Cl)c1Cl)N2. The van der Waals surface area contributed by atoms with Crippen molar-refractivity contribution >= 4 is 34.8 Å². The lowest BCUT2D eigenvalue weighted by molar-refractivity contribution is 0.0857. The number of carbonyl (C=O) groups excluding carboxylic acids is 1. The second-order valence-corrected chi connectivity index (χ2v) is 9.05. The number of benzene rings is 2. The molecule has 156 valence electrons. The summed E-state index contributed by atoms with van der Waals surface area (Å²) in [6.07, 6.45) is 7.65. The predicted molar refractivity (Wildman–Crippen MR) is 121 cm³/mol. The van der Waals surface area contributed by atoms with E-state index in [0.29, 0.717) is 28.1 Å². The van der Waals surface area contributed by atoms with Gasteiger partial charge in [-0.05, 0) is 60.6 Å². The predicted octanol–water partition coefficient (Wildman–Crippen LogP) is 5.73. The fraction of sp³-hybridized carbons (Fsp3) is 0.375. The van der Waals surface area contributed by atoms with Crippen LogP contribution in [0.2, 0.25) is 10.0 Å². The van der Waals surface area contributed by atoms with Gasteiger partial charge in [-0.15, -0.1) is 0 Å². The zero-order valence-electron chi connectivity index (χ0n) is 16.5. The quantitative estimate of drug-likeness (QED) is 0.594. The number of hydrogen-bond acceptors (Lipinski definition) is 3. The standard InChI is InChI=1S/C24H24Cl2N2O2/c25-20-8-2-7-18(22(20)26)23-17-6-1-5-16(17)19-12-14(9-10-21(19)28-23)24(29)27-13-15-4-3-11-30-15/h1-2,5,7-10,12,15-17,23,28H,3-4,6,11,13H2,(H,27,29). The molecular weight excluding hydrogens is 419 g/mol. The number of hydrogen-bond donors (Lipinski definition) is 2. The Morgan fingerprint density at radius 3 is 2.93 bits per heavy atom. The van der Waals surface area contributed by atoms with Crippen molar-refractivity contribution < 1.29 is 9.53 Å². The Kier molecular flexibility index (Phi) is 5.48. The van der Waals surface area contributed by atoms with Crippen LogP contribution in [0.4, 0.5) is 5.69 Å². The molecule has 1 aliphatic carbocycles. The molecule has 1 saturated heterocycles. The monoisotopic (exact) mass is 442 g/mol. The van der Waals surface area contributed by atoms with Gasteiger partial charge in [0.05, 0.1) is 22.2 Å². The zero-order chi connectivity index (χ0) is 20.7. The molecule has 0 saturated carbocycles. The maximum Gasteiger partial charge on any atom is 0.251 e. The van der Waals surface area contributed by atoms with Crippen LogP contribution >= 0.6 is 23.2 Å². The number of ether oxygens (including phenoxy) is 1. The molecule has 2 aromatic carbocycles. The fourth-order valence-corrected chi connectivity index (χ4v) is 5.34. The van der Waals surface area contributed by atoms with E-state index in [-0.39, 0.29) is 24.0 Å². The maximum atomic E-state index is 12.7. The van der Waals surface area contributed by atoms with Crippen LogP contribution in [-0.4, -0.2) is 25.2 Å². The molecule has 2 aromatic rings. The van der Waals surface area contributed by atoms with Gasteiger partial charge in [0.1, 0.15) is 0 Å². The third kappa shape index (κ3) is 3.62. The molecule has 0 aromatic heterocycles. The van der Waals surface area contributed by atoms with Crippen molar-refractivity contribution in [3.63, 3.8) is 0 Å². The second-order valence-electron chi connectivity index (χ2n) is 8.27. The summed E-state index contributed by atoms with van der Waals surface area (Å²) in [4.78, 5) is 12.7. The largest absolute Gasteiger partial charge is 0.378 e. The normalized spacial score (nSPS) is 26.7. The molecule has 0 bridgehead atoms. The van der Waals surface area contributed by atoms with Gasteiger partial charge in [0.25, 0.3) is 5.91 Å². The fourth-order valence-electron chi connectivity index (χ4n) is 4.92. The Balaban J connectivity index is 1.41. The summed E-state index contributed by atoms with van der Waals surface area (Å²) in [5.74, 6) is 0.526. The van der Waals surface area contributed by atoms with E-state index in [1.165, 1.54) is 0 Å². The Morgan fingerprint density at radius 1 is 1.20 bits per heavy atom. The van der Waals surface area contributed by atoms with Gasteiger partial charge in [0.2, 0.25) is 0 Å². The molecule has 0 spiro atoms. The number of nitrogens with one attached hydrogen (secondary N) is 2.